The zero-order valence-corrected chi connectivity index (χ0v) is 13.5. The molecule has 2 aromatic heterocycles. The van der Waals surface area contributed by atoms with Crippen molar-refractivity contribution in [2.24, 2.45) is 7.05 Å². The lowest BCUT2D eigenvalue weighted by Crippen LogP contribution is -2.06. The Morgan fingerprint density at radius 1 is 1.07 bits per heavy atom. The van der Waals surface area contributed by atoms with E-state index in [4.69, 9.17) is 0 Å². The highest BCUT2D eigenvalue weighted by Crippen LogP contribution is 2.39. The molecule has 0 fully saturated rings. The first kappa shape index (κ1) is 18.1. The van der Waals surface area contributed by atoms with E-state index in [2.05, 4.69) is 15.2 Å². The fraction of sp³-hybridized carbons (Fsp3) is 0.133. The minimum Gasteiger partial charge on any atom is -0.504 e. The molecule has 1 aromatic carbocycles. The second-order valence-electron chi connectivity index (χ2n) is 5.49. The smallest absolute Gasteiger partial charge is 0.417 e. The van der Waals surface area contributed by atoms with Crippen LogP contribution < -0.4 is 0 Å². The van der Waals surface area contributed by atoms with Gasteiger partial charge in [0, 0.05) is 36.6 Å². The van der Waals surface area contributed by atoms with Crippen LogP contribution in [0.1, 0.15) is 5.56 Å². The topological polar surface area (TPSA) is 127 Å². The van der Waals surface area contributed by atoms with Crippen LogP contribution in [0.15, 0.2) is 30.6 Å². The summed E-state index contributed by atoms with van der Waals surface area (Å²) in [6.07, 6.45) is -2.75. The summed E-state index contributed by atoms with van der Waals surface area (Å²) in [4.78, 5) is 13.6. The van der Waals surface area contributed by atoms with Crippen molar-refractivity contribution >= 4 is 5.69 Å². The second kappa shape index (κ2) is 6.23. The number of hydrogen-bond acceptors (Lipinski definition) is 7. The van der Waals surface area contributed by atoms with Gasteiger partial charge in [-0.1, -0.05) is 0 Å². The molecule has 0 saturated heterocycles. The largest absolute Gasteiger partial charge is 0.504 e. The molecule has 27 heavy (non-hydrogen) atoms. The van der Waals surface area contributed by atoms with Gasteiger partial charge in [0.1, 0.15) is 0 Å². The summed E-state index contributed by atoms with van der Waals surface area (Å²) < 4.78 is 39.9. The summed E-state index contributed by atoms with van der Waals surface area (Å²) in [6.45, 7) is 0. The highest BCUT2D eigenvalue weighted by atomic mass is 19.4. The van der Waals surface area contributed by atoms with E-state index in [1.165, 1.54) is 17.8 Å². The predicted molar refractivity (Wildman–Crippen MR) is 84.7 cm³/mol. The van der Waals surface area contributed by atoms with Gasteiger partial charge in [-0.15, -0.1) is 10.2 Å². The number of hydrogen-bond donors (Lipinski definition) is 2. The van der Waals surface area contributed by atoms with Gasteiger partial charge in [-0.3, -0.25) is 15.1 Å². The molecule has 2 N–H and O–H groups in total. The Balaban J connectivity index is 2.11. The normalized spacial score (nSPS) is 11.6. The zero-order valence-electron chi connectivity index (χ0n) is 13.5. The maximum Gasteiger partial charge on any atom is 0.417 e. The Hall–Kier alpha value is -3.70. The highest BCUT2D eigenvalue weighted by molar-refractivity contribution is 5.70. The molecule has 3 aromatic rings. The number of pyridine rings is 1. The molecular weight excluding hydrogens is 371 g/mol. The van der Waals surface area contributed by atoms with Crippen molar-refractivity contribution in [1.29, 1.82) is 0 Å². The first-order chi connectivity index (χ1) is 12.6. The van der Waals surface area contributed by atoms with Gasteiger partial charge in [0.25, 0.3) is 0 Å². The third-order valence-corrected chi connectivity index (χ3v) is 3.72. The molecule has 3 rings (SSSR count). The number of nitrogens with zero attached hydrogens (tertiary/aromatic N) is 5. The number of halogens is 3. The van der Waals surface area contributed by atoms with E-state index in [1.807, 2.05) is 0 Å². The highest BCUT2D eigenvalue weighted by Gasteiger charge is 2.31. The number of phenols is 2. The Kier molecular flexibility index (Phi) is 4.18. The molecule has 0 aliphatic rings. The number of rotatable bonds is 3. The van der Waals surface area contributed by atoms with Crippen molar-refractivity contribution in [3.63, 3.8) is 0 Å². The molecule has 0 unspecified atom stereocenters. The monoisotopic (exact) mass is 381 g/mol. The lowest BCUT2D eigenvalue weighted by Gasteiger charge is -2.08. The van der Waals surface area contributed by atoms with Crippen molar-refractivity contribution in [3.05, 3.63) is 46.3 Å². The van der Waals surface area contributed by atoms with E-state index in [0.717, 1.165) is 18.2 Å². The van der Waals surface area contributed by atoms with Crippen LogP contribution in [0.3, 0.4) is 0 Å². The number of nitro benzene ring substituents is 1. The van der Waals surface area contributed by atoms with Gasteiger partial charge in [-0.2, -0.15) is 13.2 Å². The van der Waals surface area contributed by atoms with E-state index < -0.39 is 33.8 Å². The van der Waals surface area contributed by atoms with Crippen molar-refractivity contribution < 1.29 is 28.3 Å². The molecule has 0 radical (unpaired) electrons. The van der Waals surface area contributed by atoms with Crippen LogP contribution in [0.2, 0.25) is 0 Å². The molecule has 140 valence electrons. The summed E-state index contributed by atoms with van der Waals surface area (Å²) in [5.41, 5.74) is -1.65. The van der Waals surface area contributed by atoms with Gasteiger partial charge in [0.15, 0.2) is 17.4 Å². The molecule has 0 aliphatic carbocycles. The van der Waals surface area contributed by atoms with Gasteiger partial charge >= 0.3 is 11.9 Å². The van der Waals surface area contributed by atoms with Crippen LogP contribution in [-0.2, 0) is 13.2 Å². The van der Waals surface area contributed by atoms with E-state index in [1.54, 1.807) is 0 Å². The molecule has 12 heteroatoms. The van der Waals surface area contributed by atoms with Crippen LogP contribution >= 0.6 is 0 Å². The number of aromatic nitrogens is 4. The number of alkyl halides is 3. The van der Waals surface area contributed by atoms with Crippen LogP contribution in [0.5, 0.6) is 11.5 Å². The Morgan fingerprint density at radius 3 is 2.30 bits per heavy atom. The molecule has 0 atom stereocenters. The first-order valence-electron chi connectivity index (χ1n) is 7.22. The van der Waals surface area contributed by atoms with Crippen molar-refractivity contribution in [1.82, 2.24) is 19.7 Å². The summed E-state index contributed by atoms with van der Waals surface area (Å²) >= 11 is 0. The molecule has 0 spiro atoms. The van der Waals surface area contributed by atoms with Crippen LogP contribution in [0.4, 0.5) is 18.9 Å². The van der Waals surface area contributed by atoms with E-state index in [-0.39, 0.29) is 22.8 Å². The summed E-state index contributed by atoms with van der Waals surface area (Å²) in [7, 11) is 1.43. The molecule has 9 nitrogen and oxygen atoms in total. The Morgan fingerprint density at radius 2 is 1.70 bits per heavy atom. The van der Waals surface area contributed by atoms with Gasteiger partial charge in [-0.05, 0) is 12.1 Å². The lowest BCUT2D eigenvalue weighted by atomic mass is 10.1. The third kappa shape index (κ3) is 3.23. The molecule has 0 amide bonds. The van der Waals surface area contributed by atoms with Crippen LogP contribution in [0, 0.1) is 10.1 Å². The summed E-state index contributed by atoms with van der Waals surface area (Å²) in [6, 6.07) is 2.84. The molecule has 2 heterocycles. The molecular formula is C15H10F3N5O4. The zero-order chi connectivity index (χ0) is 19.9. The molecule has 0 saturated carbocycles. The molecule has 0 aliphatic heterocycles. The number of phenolic OH excluding ortho intramolecular Hbond substituents is 2. The van der Waals surface area contributed by atoms with Gasteiger partial charge < -0.3 is 14.8 Å². The second-order valence-corrected chi connectivity index (χ2v) is 5.49. The predicted octanol–water partition coefficient (Wildman–Crippen LogP) is 2.88. The Labute approximate surface area is 148 Å². The van der Waals surface area contributed by atoms with Crippen molar-refractivity contribution in [2.75, 3.05) is 0 Å². The average molecular weight is 381 g/mol. The minimum absolute atomic E-state index is 0.0267. The third-order valence-electron chi connectivity index (χ3n) is 3.72. The number of aromatic hydroxyl groups is 2. The lowest BCUT2D eigenvalue weighted by molar-refractivity contribution is -0.385. The standard InChI is InChI=1S/C15H10F3N5O4/c1-22-13(7-3-10(23(26)27)12(25)11(24)4-7)20-21-14(22)8-2-9(6-19-5-8)15(16,17)18/h2-6,24-25H,1H3. The number of benzene rings is 1. The van der Waals surface area contributed by atoms with Crippen LogP contribution in [0.25, 0.3) is 22.8 Å². The number of nitro groups is 1. The van der Waals surface area contributed by atoms with Crippen LogP contribution in [-0.4, -0.2) is 34.9 Å². The minimum atomic E-state index is -4.59. The SMILES string of the molecule is Cn1c(-c2cncc(C(F)(F)F)c2)nnc1-c1cc(O)c(O)c([N+](=O)[O-])c1. The van der Waals surface area contributed by atoms with Crippen molar-refractivity contribution in [2.45, 2.75) is 6.18 Å². The first-order valence-corrected chi connectivity index (χ1v) is 7.22. The Bertz CT molecular complexity index is 1050. The van der Waals surface area contributed by atoms with E-state index >= 15 is 0 Å². The van der Waals surface area contributed by atoms with Gasteiger partial charge in [0.2, 0.25) is 5.75 Å². The fourth-order valence-electron chi connectivity index (χ4n) is 2.42. The molecule has 0 bridgehead atoms. The van der Waals surface area contributed by atoms with E-state index in [9.17, 15) is 33.5 Å². The van der Waals surface area contributed by atoms with Gasteiger partial charge in [0.05, 0.1) is 10.5 Å². The maximum absolute atomic E-state index is 12.9. The summed E-state index contributed by atoms with van der Waals surface area (Å²) in [5.74, 6) is -1.60. The maximum atomic E-state index is 12.9. The van der Waals surface area contributed by atoms with Gasteiger partial charge in [-0.25, -0.2) is 0 Å². The summed E-state index contributed by atoms with van der Waals surface area (Å²) in [5, 5.41) is 37.8. The average Bonchev–Trinajstić information content (AvgIpc) is 2.98. The van der Waals surface area contributed by atoms with E-state index in [0.29, 0.717) is 6.20 Å². The fourth-order valence-corrected chi connectivity index (χ4v) is 2.42. The quantitative estimate of drug-likeness (QED) is 0.406. The van der Waals surface area contributed by atoms with Crippen molar-refractivity contribution in [3.8, 4) is 34.3 Å².